The van der Waals surface area contributed by atoms with Crippen molar-refractivity contribution in [3.63, 3.8) is 0 Å². The number of hydrogen-bond acceptors (Lipinski definition) is 6. The molecule has 0 unspecified atom stereocenters. The third kappa shape index (κ3) is 8.31. The zero-order valence-corrected chi connectivity index (χ0v) is 20.6. The van der Waals surface area contributed by atoms with Crippen molar-refractivity contribution in [1.82, 2.24) is 25.1 Å². The molecule has 1 heterocycles. The van der Waals surface area contributed by atoms with Crippen molar-refractivity contribution in [3.8, 4) is 0 Å². The molecule has 0 aliphatic rings. The van der Waals surface area contributed by atoms with Crippen LogP contribution in [0.1, 0.15) is 30.8 Å². The summed E-state index contributed by atoms with van der Waals surface area (Å²) in [5.41, 5.74) is 3.92. The molecule has 2 amide bonds. The number of carbonyl (C=O) groups is 2. The smallest absolute Gasteiger partial charge is 0.246 e. The van der Waals surface area contributed by atoms with Crippen LogP contribution in [0, 0.1) is 6.92 Å². The van der Waals surface area contributed by atoms with Crippen LogP contribution in [0.3, 0.4) is 0 Å². The van der Waals surface area contributed by atoms with Crippen LogP contribution >= 0.6 is 0 Å². The molecular formula is C25H36N6O2. The van der Waals surface area contributed by atoms with Gasteiger partial charge in [-0.1, -0.05) is 25.1 Å². The molecule has 0 saturated heterocycles. The van der Waals surface area contributed by atoms with Gasteiger partial charge in [-0.15, -0.1) is 0 Å². The molecule has 0 bridgehead atoms. The predicted molar refractivity (Wildman–Crippen MR) is 133 cm³/mol. The summed E-state index contributed by atoms with van der Waals surface area (Å²) in [6.45, 7) is 6.90. The lowest BCUT2D eigenvalue weighted by molar-refractivity contribution is -0.135. The van der Waals surface area contributed by atoms with Crippen molar-refractivity contribution in [2.45, 2.75) is 39.7 Å². The molecule has 1 atom stereocenters. The van der Waals surface area contributed by atoms with Gasteiger partial charge < -0.3 is 20.4 Å². The lowest BCUT2D eigenvalue weighted by Crippen LogP contribution is -2.45. The predicted octanol–water partition coefficient (Wildman–Crippen LogP) is 2.71. The quantitative estimate of drug-likeness (QED) is 0.510. The van der Waals surface area contributed by atoms with E-state index < -0.39 is 6.04 Å². The van der Waals surface area contributed by atoms with Crippen LogP contribution in [0.5, 0.6) is 0 Å². The first-order valence-corrected chi connectivity index (χ1v) is 11.3. The van der Waals surface area contributed by atoms with Gasteiger partial charge in [-0.05, 0) is 58.5 Å². The summed E-state index contributed by atoms with van der Waals surface area (Å²) >= 11 is 0. The number of aromatic nitrogens is 2. The summed E-state index contributed by atoms with van der Waals surface area (Å²) < 4.78 is 0. The number of likely N-dealkylation sites (N-methyl/N-ethyl adjacent to an activating group) is 2. The SMILES string of the molecule is CCc1ncc(Nc2cccc(CCNC(=O)[C@@H](C)N(C)C(=O)/C=C/CN(C)C)c2)nc1C. The molecule has 0 spiro atoms. The first-order chi connectivity index (χ1) is 15.7. The van der Waals surface area contributed by atoms with Crippen LogP contribution < -0.4 is 10.6 Å². The average molecular weight is 453 g/mol. The van der Waals surface area contributed by atoms with E-state index in [-0.39, 0.29) is 11.8 Å². The summed E-state index contributed by atoms with van der Waals surface area (Å²) in [6, 6.07) is 7.44. The van der Waals surface area contributed by atoms with Crippen LogP contribution in [0.25, 0.3) is 0 Å². The van der Waals surface area contributed by atoms with E-state index in [1.807, 2.05) is 50.2 Å². The fourth-order valence-corrected chi connectivity index (χ4v) is 3.19. The van der Waals surface area contributed by atoms with Gasteiger partial charge in [0, 0.05) is 31.9 Å². The zero-order valence-electron chi connectivity index (χ0n) is 20.6. The van der Waals surface area contributed by atoms with E-state index in [9.17, 15) is 9.59 Å². The highest BCUT2D eigenvalue weighted by Gasteiger charge is 2.20. The molecule has 178 valence electrons. The number of carbonyl (C=O) groups excluding carboxylic acids is 2. The zero-order chi connectivity index (χ0) is 24.4. The molecule has 0 aliphatic heterocycles. The van der Waals surface area contributed by atoms with Crippen LogP contribution in [-0.2, 0) is 22.4 Å². The van der Waals surface area contributed by atoms with Gasteiger partial charge >= 0.3 is 0 Å². The standard InChI is InChI=1S/C25H36N6O2/c1-7-22-18(2)28-23(17-27-22)29-21-11-8-10-20(16-21)13-14-26-25(33)19(3)31(6)24(32)12-9-15-30(4)5/h8-12,16-17,19H,7,13-15H2,1-6H3,(H,26,33)(H,28,29)/b12-9+/t19-/m1/s1. The monoisotopic (exact) mass is 452 g/mol. The van der Waals surface area contributed by atoms with Gasteiger partial charge in [-0.25, -0.2) is 4.98 Å². The Labute approximate surface area is 197 Å². The fourth-order valence-electron chi connectivity index (χ4n) is 3.19. The molecule has 33 heavy (non-hydrogen) atoms. The van der Waals surface area contributed by atoms with Gasteiger partial charge in [0.05, 0.1) is 17.6 Å². The Hall–Kier alpha value is -3.26. The first kappa shape index (κ1) is 26.0. The number of rotatable bonds is 11. The van der Waals surface area contributed by atoms with Crippen molar-refractivity contribution < 1.29 is 9.59 Å². The van der Waals surface area contributed by atoms with E-state index in [2.05, 4.69) is 27.5 Å². The second-order valence-electron chi connectivity index (χ2n) is 8.30. The number of aryl methyl sites for hydroxylation is 2. The highest BCUT2D eigenvalue weighted by Crippen LogP contribution is 2.17. The van der Waals surface area contributed by atoms with Crippen molar-refractivity contribution in [2.24, 2.45) is 0 Å². The Bertz CT molecular complexity index is 973. The molecule has 0 aliphatic carbocycles. The van der Waals surface area contributed by atoms with Gasteiger partial charge in [-0.2, -0.15) is 0 Å². The summed E-state index contributed by atoms with van der Waals surface area (Å²) in [5, 5.41) is 6.21. The lowest BCUT2D eigenvalue weighted by Gasteiger charge is -2.23. The van der Waals surface area contributed by atoms with Crippen LogP contribution in [0.4, 0.5) is 11.5 Å². The second kappa shape index (κ2) is 12.7. The minimum atomic E-state index is -0.553. The van der Waals surface area contributed by atoms with Gasteiger partial charge in [0.1, 0.15) is 11.9 Å². The van der Waals surface area contributed by atoms with Crippen LogP contribution in [0.2, 0.25) is 0 Å². The van der Waals surface area contributed by atoms with E-state index in [0.29, 0.717) is 25.3 Å². The van der Waals surface area contributed by atoms with Crippen molar-refractivity contribution in [1.29, 1.82) is 0 Å². The number of amides is 2. The molecule has 0 radical (unpaired) electrons. The molecule has 0 saturated carbocycles. The van der Waals surface area contributed by atoms with Gasteiger partial charge in [0.25, 0.3) is 0 Å². The molecule has 0 fully saturated rings. The number of anilines is 2. The van der Waals surface area contributed by atoms with Gasteiger partial charge in [-0.3, -0.25) is 14.6 Å². The molecule has 2 N–H and O–H groups in total. The van der Waals surface area contributed by atoms with E-state index in [4.69, 9.17) is 0 Å². The van der Waals surface area contributed by atoms with Crippen LogP contribution in [0.15, 0.2) is 42.6 Å². The number of hydrogen-bond donors (Lipinski definition) is 2. The van der Waals surface area contributed by atoms with Crippen molar-refractivity contribution in [3.05, 3.63) is 59.6 Å². The first-order valence-electron chi connectivity index (χ1n) is 11.3. The Morgan fingerprint density at radius 3 is 2.64 bits per heavy atom. The fraction of sp³-hybridized carbons (Fsp3) is 0.440. The maximum Gasteiger partial charge on any atom is 0.246 e. The van der Waals surface area contributed by atoms with E-state index in [1.165, 1.54) is 11.0 Å². The summed E-state index contributed by atoms with van der Waals surface area (Å²) in [5.74, 6) is 0.336. The minimum absolute atomic E-state index is 0.178. The van der Waals surface area contributed by atoms with Gasteiger partial charge in [0.15, 0.2) is 0 Å². The Kier molecular flexibility index (Phi) is 10.00. The van der Waals surface area contributed by atoms with Crippen molar-refractivity contribution in [2.75, 3.05) is 39.5 Å². The Morgan fingerprint density at radius 2 is 1.97 bits per heavy atom. The maximum absolute atomic E-state index is 12.5. The maximum atomic E-state index is 12.5. The molecule has 2 rings (SSSR count). The topological polar surface area (TPSA) is 90.5 Å². The van der Waals surface area contributed by atoms with Gasteiger partial charge in [0.2, 0.25) is 11.8 Å². The number of nitrogens with one attached hydrogen (secondary N) is 2. The van der Waals surface area contributed by atoms with E-state index in [1.54, 1.807) is 26.2 Å². The largest absolute Gasteiger partial charge is 0.354 e. The summed E-state index contributed by atoms with van der Waals surface area (Å²) in [6.07, 6.45) is 6.57. The highest BCUT2D eigenvalue weighted by molar-refractivity contribution is 5.92. The lowest BCUT2D eigenvalue weighted by atomic mass is 10.1. The third-order valence-electron chi connectivity index (χ3n) is 5.33. The second-order valence-corrected chi connectivity index (χ2v) is 8.30. The van der Waals surface area contributed by atoms with Crippen molar-refractivity contribution >= 4 is 23.3 Å². The minimum Gasteiger partial charge on any atom is -0.354 e. The molecule has 8 heteroatoms. The van der Waals surface area contributed by atoms with Crippen LogP contribution in [-0.4, -0.2) is 71.9 Å². The number of nitrogens with zero attached hydrogens (tertiary/aromatic N) is 4. The third-order valence-corrected chi connectivity index (χ3v) is 5.33. The summed E-state index contributed by atoms with van der Waals surface area (Å²) in [4.78, 5) is 37.1. The van der Waals surface area contributed by atoms with E-state index in [0.717, 1.165) is 29.1 Å². The molecule has 2 aromatic rings. The molecular weight excluding hydrogens is 416 g/mol. The molecule has 1 aromatic carbocycles. The Morgan fingerprint density at radius 1 is 1.21 bits per heavy atom. The average Bonchev–Trinajstić information content (AvgIpc) is 2.78. The molecule has 8 nitrogen and oxygen atoms in total. The Balaban J connectivity index is 1.86. The highest BCUT2D eigenvalue weighted by atomic mass is 16.2. The molecule has 1 aromatic heterocycles. The van der Waals surface area contributed by atoms with E-state index >= 15 is 0 Å². The number of benzene rings is 1. The normalized spacial score (nSPS) is 12.1. The summed E-state index contributed by atoms with van der Waals surface area (Å²) in [7, 11) is 5.50.